The summed E-state index contributed by atoms with van der Waals surface area (Å²) in [4.78, 5) is 10.7. The number of aryl methyl sites for hydroxylation is 1. The van der Waals surface area contributed by atoms with Crippen molar-refractivity contribution in [3.8, 4) is 11.1 Å². The first-order valence-corrected chi connectivity index (χ1v) is 5.56. The molecular weight excluding hydrogens is 236 g/mol. The molecule has 0 aromatic heterocycles. The third-order valence-electron chi connectivity index (χ3n) is 2.63. The van der Waals surface area contributed by atoms with Gasteiger partial charge in [0.1, 0.15) is 0 Å². The van der Waals surface area contributed by atoms with E-state index in [1.165, 1.54) is 0 Å². The third kappa shape index (κ3) is 2.32. The Labute approximate surface area is 104 Å². The highest BCUT2D eigenvalue weighted by Gasteiger charge is 2.07. The molecule has 0 atom stereocenters. The molecule has 2 aromatic carbocycles. The SMILES string of the molecule is Cc1cccc(-c2ccc(C(=O)O)cc2)c1Cl. The summed E-state index contributed by atoms with van der Waals surface area (Å²) in [6.07, 6.45) is 0. The molecule has 0 amide bonds. The van der Waals surface area contributed by atoms with E-state index in [2.05, 4.69) is 0 Å². The Morgan fingerprint density at radius 2 is 1.76 bits per heavy atom. The summed E-state index contributed by atoms with van der Waals surface area (Å²) in [5, 5.41) is 9.52. The van der Waals surface area contributed by atoms with E-state index in [-0.39, 0.29) is 5.56 Å². The van der Waals surface area contributed by atoms with Gasteiger partial charge in [-0.3, -0.25) is 0 Å². The van der Waals surface area contributed by atoms with Crippen molar-refractivity contribution in [2.24, 2.45) is 0 Å². The molecule has 0 spiro atoms. The van der Waals surface area contributed by atoms with E-state index in [0.717, 1.165) is 16.7 Å². The molecule has 2 nitrogen and oxygen atoms in total. The van der Waals surface area contributed by atoms with E-state index in [0.29, 0.717) is 5.02 Å². The second kappa shape index (κ2) is 4.60. The zero-order valence-corrected chi connectivity index (χ0v) is 10.0. The second-order valence-corrected chi connectivity index (χ2v) is 4.20. The van der Waals surface area contributed by atoms with Crippen molar-refractivity contribution in [2.45, 2.75) is 6.92 Å². The summed E-state index contributed by atoms with van der Waals surface area (Å²) in [6, 6.07) is 12.5. The number of hydrogen-bond acceptors (Lipinski definition) is 1. The first-order chi connectivity index (χ1) is 8.09. The standard InChI is InChI=1S/C14H11ClO2/c1-9-3-2-4-12(13(9)15)10-5-7-11(8-6-10)14(16)17/h2-8H,1H3,(H,16,17). The predicted octanol–water partition coefficient (Wildman–Crippen LogP) is 4.01. The zero-order chi connectivity index (χ0) is 12.4. The summed E-state index contributed by atoms with van der Waals surface area (Å²) in [5.41, 5.74) is 3.12. The van der Waals surface area contributed by atoms with Gasteiger partial charge in [-0.05, 0) is 30.2 Å². The van der Waals surface area contributed by atoms with Crippen LogP contribution in [0.5, 0.6) is 0 Å². The van der Waals surface area contributed by atoms with Gasteiger partial charge >= 0.3 is 5.97 Å². The maximum atomic E-state index is 10.7. The Morgan fingerprint density at radius 3 is 2.35 bits per heavy atom. The van der Waals surface area contributed by atoms with Gasteiger partial charge in [-0.2, -0.15) is 0 Å². The summed E-state index contributed by atoms with van der Waals surface area (Å²) in [5.74, 6) is -0.924. The first kappa shape index (κ1) is 11.7. The maximum absolute atomic E-state index is 10.7. The maximum Gasteiger partial charge on any atom is 0.335 e. The van der Waals surface area contributed by atoms with E-state index >= 15 is 0 Å². The Balaban J connectivity index is 2.47. The molecule has 17 heavy (non-hydrogen) atoms. The van der Waals surface area contributed by atoms with Crippen molar-refractivity contribution in [1.29, 1.82) is 0 Å². The fourth-order valence-electron chi connectivity index (χ4n) is 1.66. The molecule has 3 heteroatoms. The van der Waals surface area contributed by atoms with Gasteiger partial charge in [0.25, 0.3) is 0 Å². The lowest BCUT2D eigenvalue weighted by Crippen LogP contribution is -1.95. The Bertz CT molecular complexity index is 559. The number of benzene rings is 2. The third-order valence-corrected chi connectivity index (χ3v) is 3.14. The van der Waals surface area contributed by atoms with Crippen molar-refractivity contribution in [3.63, 3.8) is 0 Å². The van der Waals surface area contributed by atoms with Gasteiger partial charge in [-0.1, -0.05) is 41.9 Å². The summed E-state index contributed by atoms with van der Waals surface area (Å²) >= 11 is 6.21. The molecule has 0 aliphatic heterocycles. The molecule has 0 radical (unpaired) electrons. The van der Waals surface area contributed by atoms with Crippen LogP contribution in [0.15, 0.2) is 42.5 Å². The molecule has 0 aliphatic rings. The molecule has 86 valence electrons. The fourth-order valence-corrected chi connectivity index (χ4v) is 1.90. The van der Waals surface area contributed by atoms with Gasteiger partial charge in [0.15, 0.2) is 0 Å². The van der Waals surface area contributed by atoms with Crippen LogP contribution in [0, 0.1) is 6.92 Å². The minimum atomic E-state index is -0.924. The highest BCUT2D eigenvalue weighted by atomic mass is 35.5. The van der Waals surface area contributed by atoms with Gasteiger partial charge < -0.3 is 5.11 Å². The zero-order valence-electron chi connectivity index (χ0n) is 9.27. The van der Waals surface area contributed by atoms with Crippen LogP contribution in [0.4, 0.5) is 0 Å². The second-order valence-electron chi connectivity index (χ2n) is 3.82. The van der Waals surface area contributed by atoms with Gasteiger partial charge in [-0.15, -0.1) is 0 Å². The van der Waals surface area contributed by atoms with E-state index in [9.17, 15) is 4.79 Å². The average Bonchev–Trinajstić information content (AvgIpc) is 2.33. The number of aromatic carboxylic acids is 1. The quantitative estimate of drug-likeness (QED) is 0.869. The molecule has 0 heterocycles. The average molecular weight is 247 g/mol. The number of halogens is 1. The topological polar surface area (TPSA) is 37.3 Å². The lowest BCUT2D eigenvalue weighted by molar-refractivity contribution is 0.0697. The number of carbonyl (C=O) groups is 1. The molecule has 1 N–H and O–H groups in total. The largest absolute Gasteiger partial charge is 0.478 e. The molecule has 0 fully saturated rings. The minimum absolute atomic E-state index is 0.275. The summed E-state index contributed by atoms with van der Waals surface area (Å²) < 4.78 is 0. The number of rotatable bonds is 2. The minimum Gasteiger partial charge on any atom is -0.478 e. The number of hydrogen-bond donors (Lipinski definition) is 1. The molecule has 0 saturated carbocycles. The predicted molar refractivity (Wildman–Crippen MR) is 68.6 cm³/mol. The molecule has 2 rings (SSSR count). The van der Waals surface area contributed by atoms with Crippen molar-refractivity contribution in [2.75, 3.05) is 0 Å². The van der Waals surface area contributed by atoms with Gasteiger partial charge in [-0.25, -0.2) is 4.79 Å². The van der Waals surface area contributed by atoms with Crippen LogP contribution in [0.2, 0.25) is 5.02 Å². The lowest BCUT2D eigenvalue weighted by Gasteiger charge is -2.07. The smallest absolute Gasteiger partial charge is 0.335 e. The van der Waals surface area contributed by atoms with Crippen molar-refractivity contribution >= 4 is 17.6 Å². The highest BCUT2D eigenvalue weighted by molar-refractivity contribution is 6.34. The Hall–Kier alpha value is -1.80. The van der Waals surface area contributed by atoms with Crippen LogP contribution in [0.1, 0.15) is 15.9 Å². The number of carboxylic acids is 1. The van der Waals surface area contributed by atoms with E-state index in [1.54, 1.807) is 24.3 Å². The fraction of sp³-hybridized carbons (Fsp3) is 0.0714. The van der Waals surface area contributed by atoms with Crippen LogP contribution in [-0.2, 0) is 0 Å². The molecular formula is C14H11ClO2. The molecule has 2 aromatic rings. The summed E-state index contributed by atoms with van der Waals surface area (Å²) in [7, 11) is 0. The number of carboxylic acid groups (broad SMARTS) is 1. The van der Waals surface area contributed by atoms with E-state index in [1.807, 2.05) is 25.1 Å². The molecule has 0 unspecified atom stereocenters. The normalized spacial score (nSPS) is 10.2. The Morgan fingerprint density at radius 1 is 1.12 bits per heavy atom. The van der Waals surface area contributed by atoms with Crippen LogP contribution in [0.25, 0.3) is 11.1 Å². The monoisotopic (exact) mass is 246 g/mol. The summed E-state index contributed by atoms with van der Waals surface area (Å²) in [6.45, 7) is 1.94. The van der Waals surface area contributed by atoms with Crippen LogP contribution in [0.3, 0.4) is 0 Å². The molecule has 0 saturated heterocycles. The van der Waals surface area contributed by atoms with Crippen molar-refractivity contribution in [3.05, 3.63) is 58.6 Å². The van der Waals surface area contributed by atoms with E-state index < -0.39 is 5.97 Å². The van der Waals surface area contributed by atoms with Gasteiger partial charge in [0.05, 0.1) is 10.6 Å². The van der Waals surface area contributed by atoms with Crippen molar-refractivity contribution in [1.82, 2.24) is 0 Å². The Kier molecular flexibility index (Phi) is 3.16. The lowest BCUT2D eigenvalue weighted by atomic mass is 10.0. The van der Waals surface area contributed by atoms with Crippen LogP contribution in [-0.4, -0.2) is 11.1 Å². The van der Waals surface area contributed by atoms with Crippen molar-refractivity contribution < 1.29 is 9.90 Å². The van der Waals surface area contributed by atoms with Gasteiger partial charge in [0, 0.05) is 5.56 Å². The molecule has 0 aliphatic carbocycles. The molecule has 0 bridgehead atoms. The van der Waals surface area contributed by atoms with E-state index in [4.69, 9.17) is 16.7 Å². The van der Waals surface area contributed by atoms with Gasteiger partial charge in [0.2, 0.25) is 0 Å². The highest BCUT2D eigenvalue weighted by Crippen LogP contribution is 2.30. The first-order valence-electron chi connectivity index (χ1n) is 5.18. The van der Waals surface area contributed by atoms with Crippen LogP contribution >= 0.6 is 11.6 Å². The van der Waals surface area contributed by atoms with Crippen LogP contribution < -0.4 is 0 Å².